The molecule has 1 aliphatic carbocycles. The first-order valence-corrected chi connectivity index (χ1v) is 6.87. The number of rotatable bonds is 3. The molecule has 2 heterocycles. The van der Waals surface area contributed by atoms with E-state index in [1.807, 2.05) is 6.07 Å². The molecule has 104 valence electrons. The average Bonchev–Trinajstić information content (AvgIpc) is 3.07. The van der Waals surface area contributed by atoms with Crippen LogP contribution >= 0.6 is 0 Å². The Labute approximate surface area is 114 Å². The van der Waals surface area contributed by atoms with Crippen molar-refractivity contribution in [3.8, 4) is 0 Å². The summed E-state index contributed by atoms with van der Waals surface area (Å²) in [5.41, 5.74) is 8.22. The lowest BCUT2D eigenvalue weighted by atomic mass is 10.2. The fourth-order valence-corrected chi connectivity index (χ4v) is 2.71. The molecule has 1 aliphatic heterocycles. The second-order valence-electron chi connectivity index (χ2n) is 5.89. The van der Waals surface area contributed by atoms with E-state index in [9.17, 15) is 0 Å². The normalized spacial score (nSPS) is 21.1. The topological polar surface area (TPSA) is 54.6 Å². The fraction of sp³-hybridized carbons (Fsp3) is 0.643. The Bertz CT molecular complexity index is 471. The summed E-state index contributed by atoms with van der Waals surface area (Å²) < 4.78 is 5.88. The van der Waals surface area contributed by atoms with Crippen LogP contribution in [0.15, 0.2) is 12.1 Å². The van der Waals surface area contributed by atoms with Crippen LogP contribution in [0.3, 0.4) is 0 Å². The van der Waals surface area contributed by atoms with Crippen LogP contribution in [0.5, 0.6) is 0 Å². The van der Waals surface area contributed by atoms with E-state index in [0.717, 1.165) is 31.9 Å². The molecule has 0 radical (unpaired) electrons. The third kappa shape index (κ3) is 2.67. The van der Waals surface area contributed by atoms with Crippen molar-refractivity contribution in [3.05, 3.63) is 17.8 Å². The molecule has 0 aromatic carbocycles. The van der Waals surface area contributed by atoms with Gasteiger partial charge in [-0.2, -0.15) is 0 Å². The van der Waals surface area contributed by atoms with E-state index >= 15 is 0 Å². The maximum absolute atomic E-state index is 5.88. The molecule has 1 spiro atoms. The average molecular weight is 262 g/mol. The van der Waals surface area contributed by atoms with Crippen molar-refractivity contribution < 1.29 is 4.74 Å². The van der Waals surface area contributed by atoms with Crippen molar-refractivity contribution in [2.45, 2.75) is 25.0 Å². The standard InChI is InChI=1S/C14H22N4O/c1-17(2)9-11-12(3-4-13(15)16-11)18-7-8-19-14(10-18)5-6-14/h3-4H,5-10H2,1-2H3,(H2,15,16). The maximum atomic E-state index is 5.88. The molecule has 1 saturated heterocycles. The minimum absolute atomic E-state index is 0.134. The molecule has 0 amide bonds. The molecule has 2 N–H and O–H groups in total. The fourth-order valence-electron chi connectivity index (χ4n) is 2.71. The van der Waals surface area contributed by atoms with E-state index in [1.54, 1.807) is 0 Å². The van der Waals surface area contributed by atoms with Crippen LogP contribution < -0.4 is 10.6 Å². The Morgan fingerprint density at radius 2 is 2.21 bits per heavy atom. The summed E-state index contributed by atoms with van der Waals surface area (Å²) in [4.78, 5) is 9.04. The monoisotopic (exact) mass is 262 g/mol. The van der Waals surface area contributed by atoms with Gasteiger partial charge in [-0.1, -0.05) is 0 Å². The Morgan fingerprint density at radius 3 is 2.89 bits per heavy atom. The molecule has 0 bridgehead atoms. The number of aromatic nitrogens is 1. The van der Waals surface area contributed by atoms with Gasteiger partial charge in [0.2, 0.25) is 0 Å². The van der Waals surface area contributed by atoms with Crippen LogP contribution in [-0.4, -0.2) is 49.3 Å². The van der Waals surface area contributed by atoms with Gasteiger partial charge in [0.1, 0.15) is 5.82 Å². The molecule has 2 aliphatic rings. The van der Waals surface area contributed by atoms with E-state index < -0.39 is 0 Å². The van der Waals surface area contributed by atoms with Crippen LogP contribution in [0, 0.1) is 0 Å². The van der Waals surface area contributed by atoms with Crippen molar-refractivity contribution in [1.29, 1.82) is 0 Å². The Kier molecular flexibility index (Phi) is 3.11. The summed E-state index contributed by atoms with van der Waals surface area (Å²) in [5, 5.41) is 0. The Hall–Kier alpha value is -1.33. The van der Waals surface area contributed by atoms with Crippen molar-refractivity contribution in [2.24, 2.45) is 0 Å². The van der Waals surface area contributed by atoms with Gasteiger partial charge < -0.3 is 20.3 Å². The van der Waals surface area contributed by atoms with Crippen molar-refractivity contribution >= 4 is 11.5 Å². The van der Waals surface area contributed by atoms with Crippen molar-refractivity contribution in [3.63, 3.8) is 0 Å². The molecule has 1 aromatic heterocycles. The summed E-state index contributed by atoms with van der Waals surface area (Å²) >= 11 is 0. The van der Waals surface area contributed by atoms with E-state index in [0.29, 0.717) is 5.82 Å². The number of nitrogens with two attached hydrogens (primary N) is 1. The van der Waals surface area contributed by atoms with Crippen LogP contribution in [-0.2, 0) is 11.3 Å². The number of hydrogen-bond donors (Lipinski definition) is 1. The maximum Gasteiger partial charge on any atom is 0.123 e. The van der Waals surface area contributed by atoms with Crippen molar-refractivity contribution in [1.82, 2.24) is 9.88 Å². The highest BCUT2D eigenvalue weighted by molar-refractivity contribution is 5.55. The highest BCUT2D eigenvalue weighted by Crippen LogP contribution is 2.43. The lowest BCUT2D eigenvalue weighted by Crippen LogP contribution is -2.44. The van der Waals surface area contributed by atoms with E-state index in [4.69, 9.17) is 10.5 Å². The lowest BCUT2D eigenvalue weighted by molar-refractivity contribution is 0.0205. The summed E-state index contributed by atoms with van der Waals surface area (Å²) in [6, 6.07) is 3.99. The van der Waals surface area contributed by atoms with Crippen molar-refractivity contribution in [2.75, 3.05) is 44.4 Å². The zero-order chi connectivity index (χ0) is 13.5. The molecule has 0 atom stereocenters. The van der Waals surface area contributed by atoms with E-state index in [1.165, 1.54) is 18.5 Å². The smallest absolute Gasteiger partial charge is 0.123 e. The number of ether oxygens (including phenoxy) is 1. The Balaban J connectivity index is 1.86. The van der Waals surface area contributed by atoms with Gasteiger partial charge in [-0.25, -0.2) is 4.98 Å². The molecule has 0 unspecified atom stereocenters. The van der Waals surface area contributed by atoms with Gasteiger partial charge in [0.25, 0.3) is 0 Å². The van der Waals surface area contributed by atoms with Crippen LogP contribution in [0.2, 0.25) is 0 Å². The number of morpholine rings is 1. The third-order valence-electron chi connectivity index (χ3n) is 3.83. The molecule has 1 saturated carbocycles. The largest absolute Gasteiger partial charge is 0.384 e. The molecule has 19 heavy (non-hydrogen) atoms. The zero-order valence-electron chi connectivity index (χ0n) is 11.7. The Morgan fingerprint density at radius 1 is 1.42 bits per heavy atom. The van der Waals surface area contributed by atoms with Gasteiger partial charge in [0, 0.05) is 19.6 Å². The number of anilines is 2. The van der Waals surface area contributed by atoms with Crippen LogP contribution in [0.4, 0.5) is 11.5 Å². The minimum Gasteiger partial charge on any atom is -0.384 e. The van der Waals surface area contributed by atoms with Gasteiger partial charge in [0.15, 0.2) is 0 Å². The van der Waals surface area contributed by atoms with Crippen LogP contribution in [0.1, 0.15) is 18.5 Å². The summed E-state index contributed by atoms with van der Waals surface area (Å²) in [7, 11) is 4.10. The summed E-state index contributed by atoms with van der Waals surface area (Å²) in [5.74, 6) is 0.593. The molecular weight excluding hydrogens is 240 g/mol. The molecule has 3 rings (SSSR count). The summed E-state index contributed by atoms with van der Waals surface area (Å²) in [6.45, 7) is 3.54. The lowest BCUT2D eigenvalue weighted by Gasteiger charge is -2.36. The van der Waals surface area contributed by atoms with Crippen LogP contribution in [0.25, 0.3) is 0 Å². The number of hydrogen-bond acceptors (Lipinski definition) is 5. The first-order valence-electron chi connectivity index (χ1n) is 6.87. The van der Waals surface area contributed by atoms with Gasteiger partial charge in [0.05, 0.1) is 23.6 Å². The van der Waals surface area contributed by atoms with Gasteiger partial charge in [-0.3, -0.25) is 0 Å². The van der Waals surface area contributed by atoms with Gasteiger partial charge >= 0.3 is 0 Å². The first-order chi connectivity index (χ1) is 9.08. The number of nitrogen functional groups attached to an aromatic ring is 1. The molecule has 1 aromatic rings. The SMILES string of the molecule is CN(C)Cc1nc(N)ccc1N1CCOC2(CC2)C1. The van der Waals surface area contributed by atoms with Gasteiger partial charge in [-0.05, 0) is 39.1 Å². The zero-order valence-corrected chi connectivity index (χ0v) is 11.7. The predicted molar refractivity (Wildman–Crippen MR) is 76.2 cm³/mol. The first kappa shape index (κ1) is 12.7. The second kappa shape index (κ2) is 4.65. The molecule has 5 nitrogen and oxygen atoms in total. The highest BCUT2D eigenvalue weighted by Gasteiger charge is 2.47. The summed E-state index contributed by atoms with van der Waals surface area (Å²) in [6.07, 6.45) is 2.38. The third-order valence-corrected chi connectivity index (χ3v) is 3.83. The minimum atomic E-state index is 0.134. The number of pyridine rings is 1. The highest BCUT2D eigenvalue weighted by atomic mass is 16.5. The predicted octanol–water partition coefficient (Wildman–Crippen LogP) is 1.09. The quantitative estimate of drug-likeness (QED) is 0.884. The van der Waals surface area contributed by atoms with E-state index in [-0.39, 0.29) is 5.60 Å². The molecule has 2 fully saturated rings. The second-order valence-corrected chi connectivity index (χ2v) is 5.89. The molecule has 5 heteroatoms. The number of nitrogens with zero attached hydrogens (tertiary/aromatic N) is 3. The molecular formula is C14H22N4O. The van der Waals surface area contributed by atoms with E-state index in [2.05, 4.69) is 34.9 Å². The van der Waals surface area contributed by atoms with Gasteiger partial charge in [-0.15, -0.1) is 0 Å².